The highest BCUT2D eigenvalue weighted by Gasteiger charge is 2.48. The van der Waals surface area contributed by atoms with Crippen molar-refractivity contribution in [3.63, 3.8) is 0 Å². The van der Waals surface area contributed by atoms with Crippen LogP contribution in [0.15, 0.2) is 54.9 Å². The molecule has 48 heavy (non-hydrogen) atoms. The number of hydrogen-bond acceptors (Lipinski definition) is 9. The largest absolute Gasteiger partial charge is 0.490 e. The highest BCUT2D eigenvalue weighted by molar-refractivity contribution is 6.34. The van der Waals surface area contributed by atoms with E-state index >= 15 is 0 Å². The summed E-state index contributed by atoms with van der Waals surface area (Å²) in [5.41, 5.74) is 4.26. The van der Waals surface area contributed by atoms with Gasteiger partial charge < -0.3 is 40.3 Å². The predicted octanol–water partition coefficient (Wildman–Crippen LogP) is 4.31. The monoisotopic (exact) mass is 702 g/mol. The van der Waals surface area contributed by atoms with Crippen LogP contribution in [0.4, 0.5) is 0 Å². The zero-order chi connectivity index (χ0) is 34.4. The van der Waals surface area contributed by atoms with Gasteiger partial charge in [-0.2, -0.15) is 0 Å². The molecule has 2 aliphatic carbocycles. The molecule has 0 aliphatic heterocycles. The fraction of sp³-hybridized carbons (Fsp3) is 0.500. The third-order valence-electron chi connectivity index (χ3n) is 9.07. The molecule has 12 heteroatoms. The van der Waals surface area contributed by atoms with Crippen LogP contribution in [0.2, 0.25) is 10.0 Å². The van der Waals surface area contributed by atoms with Crippen molar-refractivity contribution in [2.75, 3.05) is 13.2 Å². The Morgan fingerprint density at radius 2 is 1.69 bits per heavy atom. The zero-order valence-electron chi connectivity index (χ0n) is 26.9. The van der Waals surface area contributed by atoms with Gasteiger partial charge in [0.05, 0.1) is 31.0 Å². The molecule has 3 aromatic rings. The van der Waals surface area contributed by atoms with Crippen molar-refractivity contribution in [2.45, 2.75) is 94.6 Å². The molecule has 6 N–H and O–H groups in total. The molecule has 5 unspecified atom stereocenters. The minimum atomic E-state index is -1.75. The molecule has 0 bridgehead atoms. The predicted molar refractivity (Wildman–Crippen MR) is 182 cm³/mol. The fourth-order valence-electron chi connectivity index (χ4n) is 5.70. The van der Waals surface area contributed by atoms with E-state index in [1.807, 2.05) is 42.6 Å². The van der Waals surface area contributed by atoms with Crippen LogP contribution < -0.4 is 10.1 Å². The second kappa shape index (κ2) is 16.3. The number of halogens is 2. The minimum absolute atomic E-state index is 0.279. The first-order valence-electron chi connectivity index (χ1n) is 16.4. The molecule has 2 fully saturated rings. The molecular weight excluding hydrogens is 659 g/mol. The number of aryl methyl sites for hydroxylation is 1. The summed E-state index contributed by atoms with van der Waals surface area (Å²) >= 11 is 13.4. The van der Waals surface area contributed by atoms with Crippen LogP contribution in [0.3, 0.4) is 0 Å². The van der Waals surface area contributed by atoms with Crippen molar-refractivity contribution in [3.8, 4) is 16.9 Å². The van der Waals surface area contributed by atoms with Crippen LogP contribution in [0.25, 0.3) is 11.1 Å². The summed E-state index contributed by atoms with van der Waals surface area (Å²) in [5, 5.41) is 51.7. The molecule has 2 aliphatic rings. The van der Waals surface area contributed by atoms with E-state index in [9.17, 15) is 25.2 Å². The van der Waals surface area contributed by atoms with Gasteiger partial charge in [-0.05, 0) is 85.9 Å². The number of aromatic nitrogens is 1. The highest BCUT2D eigenvalue weighted by Crippen LogP contribution is 2.53. The Labute approximate surface area is 290 Å². The highest BCUT2D eigenvalue weighted by atomic mass is 35.5. The number of aliphatic hydroxyl groups is 5. The van der Waals surface area contributed by atoms with E-state index in [2.05, 4.69) is 16.4 Å². The molecule has 1 aromatic heterocycles. The van der Waals surface area contributed by atoms with Gasteiger partial charge in [-0.1, -0.05) is 48.3 Å². The Morgan fingerprint density at radius 1 is 1.00 bits per heavy atom. The number of hydrogen-bond donors (Lipinski definition) is 6. The zero-order valence-corrected chi connectivity index (χ0v) is 28.4. The summed E-state index contributed by atoms with van der Waals surface area (Å²) in [4.78, 5) is 17.0. The van der Waals surface area contributed by atoms with E-state index in [0.29, 0.717) is 29.3 Å². The first kappa shape index (κ1) is 36.5. The van der Waals surface area contributed by atoms with Crippen molar-refractivity contribution in [3.05, 3.63) is 81.6 Å². The van der Waals surface area contributed by atoms with Crippen molar-refractivity contribution in [2.24, 2.45) is 5.92 Å². The number of amides is 1. The molecule has 0 spiro atoms. The molecule has 5 rings (SSSR count). The lowest BCUT2D eigenvalue weighted by molar-refractivity contribution is -0.128. The third-order valence-corrected chi connectivity index (χ3v) is 9.78. The van der Waals surface area contributed by atoms with Crippen LogP contribution in [-0.2, 0) is 28.2 Å². The van der Waals surface area contributed by atoms with Crippen LogP contribution in [0, 0.1) is 5.92 Å². The molecule has 5 atom stereocenters. The summed E-state index contributed by atoms with van der Waals surface area (Å²) < 4.78 is 12.8. The number of benzene rings is 2. The lowest BCUT2D eigenvalue weighted by Crippen LogP contribution is -2.50. The van der Waals surface area contributed by atoms with E-state index in [-0.39, 0.29) is 25.2 Å². The second-order valence-electron chi connectivity index (χ2n) is 12.9. The van der Waals surface area contributed by atoms with Gasteiger partial charge in [-0.3, -0.25) is 9.78 Å². The Bertz CT molecular complexity index is 1550. The van der Waals surface area contributed by atoms with E-state index in [4.69, 9.17) is 37.8 Å². The number of nitrogens with one attached hydrogen (secondary N) is 1. The van der Waals surface area contributed by atoms with Gasteiger partial charge in [0, 0.05) is 46.0 Å². The average molecular weight is 704 g/mol. The van der Waals surface area contributed by atoms with E-state index in [0.717, 1.165) is 59.3 Å². The van der Waals surface area contributed by atoms with E-state index < -0.39 is 42.5 Å². The summed E-state index contributed by atoms with van der Waals surface area (Å²) in [6.07, 6.45) is 2.99. The lowest BCUT2D eigenvalue weighted by atomic mass is 9.96. The summed E-state index contributed by atoms with van der Waals surface area (Å²) in [5.74, 6) is 0.137. The van der Waals surface area contributed by atoms with Gasteiger partial charge >= 0.3 is 0 Å². The molecular formula is C36H44Cl2N2O8. The molecule has 2 aromatic carbocycles. The lowest BCUT2D eigenvalue weighted by Gasteiger charge is -2.26. The first-order valence-corrected chi connectivity index (χ1v) is 17.2. The SMILES string of the molecule is CC(CCCc1cc(Cl)c(COC2(c3cnccc3-c3ccccc3OC3CC3)CC2)cc1Cl)C(=O)NCC(O)C(O)C(O)C(O)CO. The fourth-order valence-corrected chi connectivity index (χ4v) is 6.22. The molecule has 260 valence electrons. The summed E-state index contributed by atoms with van der Waals surface area (Å²) in [6.45, 7) is 0.926. The van der Waals surface area contributed by atoms with E-state index in [1.54, 1.807) is 13.1 Å². The molecule has 0 saturated heterocycles. The maximum Gasteiger partial charge on any atom is 0.222 e. The number of pyridine rings is 1. The second-order valence-corrected chi connectivity index (χ2v) is 13.7. The standard InChI is InChI=1S/C36H44Cl2N2O8/c1-21(35(46)40-18-30(42)33(44)34(45)31(43)19-41)5-4-6-22-15-29(38)23(16-28(22)37)20-47-36(12-13-36)27-17-39-14-11-25(27)26-7-2-3-8-32(26)48-24-9-10-24/h2-3,7-8,11,14-17,21,24,30-31,33-34,41-45H,4-6,9-10,12-13,18-20H2,1H3,(H,40,46). The Kier molecular flexibility index (Phi) is 12.4. The smallest absolute Gasteiger partial charge is 0.222 e. The van der Waals surface area contributed by atoms with Crippen LogP contribution in [0.5, 0.6) is 5.75 Å². The normalized spacial score (nSPS) is 18.4. The van der Waals surface area contributed by atoms with Gasteiger partial charge in [-0.15, -0.1) is 0 Å². The number of carbonyl (C=O) groups excluding carboxylic acids is 1. The Hall–Kier alpha value is -2.80. The molecule has 1 amide bonds. The van der Waals surface area contributed by atoms with Crippen molar-refractivity contribution in [1.82, 2.24) is 10.3 Å². The topological polar surface area (TPSA) is 162 Å². The molecule has 2 saturated carbocycles. The molecule has 10 nitrogen and oxygen atoms in total. The van der Waals surface area contributed by atoms with Crippen LogP contribution >= 0.6 is 23.2 Å². The Balaban J connectivity index is 1.14. The number of nitrogens with zero attached hydrogens (tertiary/aromatic N) is 1. The van der Waals surface area contributed by atoms with Gasteiger partial charge in [0.2, 0.25) is 5.91 Å². The average Bonchev–Trinajstić information content (AvgIpc) is 4.04. The summed E-state index contributed by atoms with van der Waals surface area (Å²) in [6, 6.07) is 13.8. The van der Waals surface area contributed by atoms with Gasteiger partial charge in [0.15, 0.2) is 0 Å². The van der Waals surface area contributed by atoms with Crippen molar-refractivity contribution >= 4 is 29.1 Å². The van der Waals surface area contributed by atoms with Crippen LogP contribution in [0.1, 0.15) is 62.1 Å². The maximum absolute atomic E-state index is 12.5. The number of aliphatic hydroxyl groups excluding tert-OH is 5. The van der Waals surface area contributed by atoms with E-state index in [1.165, 1.54) is 0 Å². The van der Waals surface area contributed by atoms with Gasteiger partial charge in [0.1, 0.15) is 24.1 Å². The van der Waals surface area contributed by atoms with Crippen LogP contribution in [-0.4, -0.2) is 80.1 Å². The minimum Gasteiger partial charge on any atom is -0.490 e. The quantitative estimate of drug-likeness (QED) is 0.113. The summed E-state index contributed by atoms with van der Waals surface area (Å²) in [7, 11) is 0. The number of carbonyl (C=O) groups is 1. The Morgan fingerprint density at radius 3 is 2.40 bits per heavy atom. The molecule has 1 heterocycles. The number of para-hydroxylation sites is 1. The molecule has 0 radical (unpaired) electrons. The number of rotatable bonds is 18. The van der Waals surface area contributed by atoms with Gasteiger partial charge in [0.25, 0.3) is 0 Å². The number of ether oxygens (including phenoxy) is 2. The first-order chi connectivity index (χ1) is 23.0. The van der Waals surface area contributed by atoms with Crippen molar-refractivity contribution in [1.29, 1.82) is 0 Å². The maximum atomic E-state index is 12.5. The van der Waals surface area contributed by atoms with Crippen molar-refractivity contribution < 1.29 is 39.8 Å². The van der Waals surface area contributed by atoms with Gasteiger partial charge in [-0.25, -0.2) is 0 Å². The third kappa shape index (κ3) is 9.05.